The molecular weight excluding hydrogens is 589 g/mol. The van der Waals surface area contributed by atoms with Crippen LogP contribution >= 0.6 is 0 Å². The molecule has 0 aliphatic heterocycles. The van der Waals surface area contributed by atoms with Crippen molar-refractivity contribution in [1.82, 2.24) is 10.2 Å². The Hall–Kier alpha value is -2.94. The smallest absolute Gasteiger partial charge is 0.244 e. The van der Waals surface area contributed by atoms with Gasteiger partial charge in [0.05, 0.1) is 11.9 Å². The highest BCUT2D eigenvalue weighted by Crippen LogP contribution is 2.60. The molecule has 0 heterocycles. The molecule has 5 saturated carbocycles. The first-order valence-corrected chi connectivity index (χ1v) is 18.8. The maximum Gasteiger partial charge on any atom is 0.244 e. The Balaban J connectivity index is 1.24. The van der Waals surface area contributed by atoms with Gasteiger partial charge in [0.15, 0.2) is 0 Å². The highest BCUT2D eigenvalue weighted by molar-refractivity contribution is 7.92. The lowest BCUT2D eigenvalue weighted by molar-refractivity contribution is -0.140. The van der Waals surface area contributed by atoms with E-state index in [2.05, 4.69) is 17.4 Å². The van der Waals surface area contributed by atoms with Gasteiger partial charge in [-0.1, -0.05) is 50.5 Å². The highest BCUT2D eigenvalue weighted by atomic mass is 32.2. The predicted molar refractivity (Wildman–Crippen MR) is 175 cm³/mol. The van der Waals surface area contributed by atoms with Crippen LogP contribution in [0.15, 0.2) is 48.5 Å². The summed E-state index contributed by atoms with van der Waals surface area (Å²) in [5.41, 5.74) is 2.58. The van der Waals surface area contributed by atoms with Crippen LogP contribution in [0.1, 0.15) is 95.1 Å². The molecule has 5 aliphatic rings. The van der Waals surface area contributed by atoms with Gasteiger partial charge in [0.25, 0.3) is 0 Å². The van der Waals surface area contributed by atoms with Crippen molar-refractivity contribution >= 4 is 27.5 Å². The van der Waals surface area contributed by atoms with Gasteiger partial charge in [-0.15, -0.1) is 0 Å². The summed E-state index contributed by atoms with van der Waals surface area (Å²) >= 11 is 0. The van der Waals surface area contributed by atoms with Gasteiger partial charge >= 0.3 is 0 Å². The SMILES string of the molecule is CCC(C(=O)NC1CCCCC1)N(Cc1ccc(F)cc1)C(=O)CN(c1ccc(C23CC4CC(CC(C4)C2)C3)cc1)S(C)(=O)=O. The fraction of sp³-hybridized carbons (Fsp3) is 0.611. The molecule has 2 aromatic carbocycles. The molecule has 244 valence electrons. The molecule has 4 bridgehead atoms. The molecule has 5 fully saturated rings. The van der Waals surface area contributed by atoms with Crippen molar-refractivity contribution in [3.05, 3.63) is 65.5 Å². The number of carbonyl (C=O) groups is 2. The van der Waals surface area contributed by atoms with Crippen LogP contribution in [0.5, 0.6) is 0 Å². The lowest BCUT2D eigenvalue weighted by Crippen LogP contribution is -2.54. The predicted octanol–water partition coefficient (Wildman–Crippen LogP) is 6.32. The average Bonchev–Trinajstić information content (AvgIpc) is 3.00. The minimum Gasteiger partial charge on any atom is -0.352 e. The summed E-state index contributed by atoms with van der Waals surface area (Å²) in [6.45, 7) is 1.50. The van der Waals surface area contributed by atoms with Crippen molar-refractivity contribution in [2.45, 2.75) is 108 Å². The zero-order valence-corrected chi connectivity index (χ0v) is 27.5. The molecule has 0 radical (unpaired) electrons. The number of amides is 2. The van der Waals surface area contributed by atoms with Crippen LogP contribution in [0.2, 0.25) is 0 Å². The Morgan fingerprint density at radius 3 is 2.02 bits per heavy atom. The third-order valence-corrected chi connectivity index (χ3v) is 12.2. The molecule has 1 unspecified atom stereocenters. The summed E-state index contributed by atoms with van der Waals surface area (Å²) in [6.07, 6.45) is 14.3. The third kappa shape index (κ3) is 7.08. The average molecular weight is 638 g/mol. The van der Waals surface area contributed by atoms with Gasteiger partial charge in [-0.3, -0.25) is 13.9 Å². The van der Waals surface area contributed by atoms with E-state index in [0.29, 0.717) is 17.7 Å². The Bertz CT molecular complexity index is 1440. The number of anilines is 1. The number of carbonyl (C=O) groups excluding carboxylic acids is 2. The summed E-state index contributed by atoms with van der Waals surface area (Å²) in [6, 6.07) is 13.0. The van der Waals surface area contributed by atoms with Crippen molar-refractivity contribution in [3.8, 4) is 0 Å². The summed E-state index contributed by atoms with van der Waals surface area (Å²) < 4.78 is 41.2. The third-order valence-electron chi connectivity index (χ3n) is 11.1. The van der Waals surface area contributed by atoms with Gasteiger partial charge in [-0.05, 0) is 116 Å². The Morgan fingerprint density at radius 1 is 0.911 bits per heavy atom. The molecule has 0 spiro atoms. The standard InChI is InChI=1S/C36H48FN3O4S/c1-3-33(35(42)38-31-7-5-4-6-8-31)39(23-25-9-13-30(37)14-10-25)34(41)24-40(45(2,43)44)32-15-11-29(12-16-32)36-20-26-17-27(21-36)19-28(18-26)22-36/h9-16,26-28,31,33H,3-8,17-24H2,1-2H3,(H,38,42). The van der Waals surface area contributed by atoms with E-state index >= 15 is 0 Å². The Labute approximate surface area is 268 Å². The van der Waals surface area contributed by atoms with E-state index in [1.165, 1.54) is 61.1 Å². The fourth-order valence-electron chi connectivity index (χ4n) is 9.31. The lowest BCUT2D eigenvalue weighted by Gasteiger charge is -2.57. The molecule has 9 heteroatoms. The van der Waals surface area contributed by atoms with Gasteiger partial charge in [0.1, 0.15) is 18.4 Å². The molecule has 1 atom stereocenters. The zero-order chi connectivity index (χ0) is 31.8. The minimum atomic E-state index is -3.82. The van der Waals surface area contributed by atoms with Gasteiger partial charge < -0.3 is 10.2 Å². The van der Waals surface area contributed by atoms with E-state index in [1.54, 1.807) is 12.1 Å². The maximum absolute atomic E-state index is 14.1. The molecule has 45 heavy (non-hydrogen) atoms. The quantitative estimate of drug-likeness (QED) is 0.313. The van der Waals surface area contributed by atoms with E-state index in [-0.39, 0.29) is 29.7 Å². The summed E-state index contributed by atoms with van der Waals surface area (Å²) in [5.74, 6) is 1.31. The molecule has 7 rings (SSSR count). The number of benzene rings is 2. The number of halogens is 1. The normalized spacial score (nSPS) is 26.8. The van der Waals surface area contributed by atoms with Crippen LogP contribution in [-0.2, 0) is 31.6 Å². The molecular formula is C36H48FN3O4S. The van der Waals surface area contributed by atoms with E-state index < -0.39 is 28.5 Å². The highest BCUT2D eigenvalue weighted by Gasteiger charge is 2.51. The van der Waals surface area contributed by atoms with Crippen LogP contribution < -0.4 is 9.62 Å². The van der Waals surface area contributed by atoms with Crippen molar-refractivity contribution in [2.24, 2.45) is 17.8 Å². The van der Waals surface area contributed by atoms with Gasteiger partial charge in [-0.25, -0.2) is 12.8 Å². The van der Waals surface area contributed by atoms with E-state index in [0.717, 1.165) is 60.4 Å². The monoisotopic (exact) mass is 637 g/mol. The molecule has 7 nitrogen and oxygen atoms in total. The number of sulfonamides is 1. The summed E-state index contributed by atoms with van der Waals surface area (Å²) in [5, 5.41) is 3.15. The first-order valence-electron chi connectivity index (χ1n) is 17.0. The molecule has 2 amide bonds. The van der Waals surface area contributed by atoms with Crippen molar-refractivity contribution < 1.29 is 22.4 Å². The fourth-order valence-corrected chi connectivity index (χ4v) is 10.2. The van der Waals surface area contributed by atoms with E-state index in [9.17, 15) is 22.4 Å². The molecule has 2 aromatic rings. The number of nitrogens with zero attached hydrogens (tertiary/aromatic N) is 2. The van der Waals surface area contributed by atoms with Crippen molar-refractivity contribution in [1.29, 1.82) is 0 Å². The van der Waals surface area contributed by atoms with Crippen LogP contribution in [-0.4, -0.2) is 50.0 Å². The summed E-state index contributed by atoms with van der Waals surface area (Å²) in [4.78, 5) is 29.2. The zero-order valence-electron chi connectivity index (χ0n) is 26.7. The van der Waals surface area contributed by atoms with Gasteiger partial charge in [0, 0.05) is 12.6 Å². The van der Waals surface area contributed by atoms with Crippen molar-refractivity contribution in [3.63, 3.8) is 0 Å². The topological polar surface area (TPSA) is 86.8 Å². The first-order chi connectivity index (χ1) is 21.5. The van der Waals surface area contributed by atoms with Crippen molar-refractivity contribution in [2.75, 3.05) is 17.1 Å². The molecule has 0 saturated heterocycles. The minimum absolute atomic E-state index is 0.0677. The number of nitrogens with one attached hydrogen (secondary N) is 1. The van der Waals surface area contributed by atoms with Crippen LogP contribution in [0, 0.1) is 23.6 Å². The van der Waals surface area contributed by atoms with E-state index in [4.69, 9.17) is 0 Å². The maximum atomic E-state index is 14.1. The second-order valence-corrected chi connectivity index (χ2v) is 16.3. The van der Waals surface area contributed by atoms with Crippen LogP contribution in [0.25, 0.3) is 0 Å². The molecule has 5 aliphatic carbocycles. The Morgan fingerprint density at radius 2 is 1.49 bits per heavy atom. The molecule has 0 aromatic heterocycles. The first kappa shape index (κ1) is 32.0. The van der Waals surface area contributed by atoms with E-state index in [1.807, 2.05) is 19.1 Å². The number of hydrogen-bond acceptors (Lipinski definition) is 4. The molecule has 1 N–H and O–H groups in total. The van der Waals surface area contributed by atoms with Crippen LogP contribution in [0.4, 0.5) is 10.1 Å². The second-order valence-electron chi connectivity index (χ2n) is 14.4. The summed E-state index contributed by atoms with van der Waals surface area (Å²) in [7, 11) is -3.82. The van der Waals surface area contributed by atoms with Gasteiger partial charge in [-0.2, -0.15) is 0 Å². The van der Waals surface area contributed by atoms with Crippen LogP contribution in [0.3, 0.4) is 0 Å². The lowest BCUT2D eigenvalue weighted by atomic mass is 9.48. The second kappa shape index (κ2) is 13.0. The number of rotatable bonds is 11. The Kier molecular flexibility index (Phi) is 9.28. The van der Waals surface area contributed by atoms with Gasteiger partial charge in [0.2, 0.25) is 21.8 Å². The largest absolute Gasteiger partial charge is 0.352 e. The number of hydrogen-bond donors (Lipinski definition) is 1.